The van der Waals surface area contributed by atoms with Crippen molar-refractivity contribution < 1.29 is 39.8 Å². The molecule has 0 saturated carbocycles. The standard InChI is InChI=1S/C24H25NO8/c1-32-19-10-18(28)14(9-15(19)24-23(31)22(30)21(29)20(11-26)33-24)17(27)5-3-12-2-4-16-13(8-12)6-7-25-16/h2-10,20-26,28-31H,11H2,1H3. The van der Waals surface area contributed by atoms with Crippen LogP contribution in [0.25, 0.3) is 17.0 Å². The molecule has 1 aromatic heterocycles. The number of aromatic nitrogens is 1. The number of hydrogen-bond acceptors (Lipinski definition) is 8. The molecule has 2 aromatic carbocycles. The number of H-pyrrole nitrogens is 1. The number of aromatic hydroxyl groups is 1. The fourth-order valence-corrected chi connectivity index (χ4v) is 3.98. The molecule has 0 bridgehead atoms. The lowest BCUT2D eigenvalue weighted by Gasteiger charge is -2.40. The second-order valence-electron chi connectivity index (χ2n) is 7.88. The first kappa shape index (κ1) is 23.0. The number of aliphatic hydroxyl groups excluding tert-OH is 4. The first-order valence-corrected chi connectivity index (χ1v) is 10.3. The van der Waals surface area contributed by atoms with Gasteiger partial charge in [-0.2, -0.15) is 0 Å². The van der Waals surface area contributed by atoms with Crippen molar-refractivity contribution in [3.8, 4) is 11.5 Å². The maximum atomic E-state index is 12.9. The fraction of sp³-hybridized carbons (Fsp3) is 0.292. The Labute approximate surface area is 189 Å². The molecule has 9 nitrogen and oxygen atoms in total. The average Bonchev–Trinajstić information content (AvgIpc) is 3.29. The Kier molecular flexibility index (Phi) is 6.50. The van der Waals surface area contributed by atoms with Gasteiger partial charge < -0.3 is 40.0 Å². The van der Waals surface area contributed by atoms with Crippen LogP contribution in [0.2, 0.25) is 0 Å². The molecule has 1 saturated heterocycles. The number of ether oxygens (including phenoxy) is 2. The Bertz CT molecular complexity index is 1180. The minimum atomic E-state index is -1.60. The van der Waals surface area contributed by atoms with E-state index in [9.17, 15) is 30.3 Å². The van der Waals surface area contributed by atoms with E-state index in [2.05, 4.69) is 4.98 Å². The highest BCUT2D eigenvalue weighted by molar-refractivity contribution is 6.09. The highest BCUT2D eigenvalue weighted by Crippen LogP contribution is 2.40. The van der Waals surface area contributed by atoms with Crippen molar-refractivity contribution in [2.45, 2.75) is 30.5 Å². The second-order valence-corrected chi connectivity index (χ2v) is 7.88. The summed E-state index contributed by atoms with van der Waals surface area (Å²) in [7, 11) is 1.33. The van der Waals surface area contributed by atoms with Crippen LogP contribution < -0.4 is 4.74 Å². The summed E-state index contributed by atoms with van der Waals surface area (Å²) in [5, 5.41) is 51.5. The van der Waals surface area contributed by atoms with Crippen LogP contribution in [0.1, 0.15) is 27.6 Å². The van der Waals surface area contributed by atoms with Gasteiger partial charge in [0.1, 0.15) is 42.0 Å². The maximum absolute atomic E-state index is 12.9. The monoisotopic (exact) mass is 455 g/mol. The lowest BCUT2D eigenvalue weighted by Crippen LogP contribution is -2.55. The van der Waals surface area contributed by atoms with Gasteiger partial charge >= 0.3 is 0 Å². The van der Waals surface area contributed by atoms with Crippen molar-refractivity contribution in [3.63, 3.8) is 0 Å². The Morgan fingerprint density at radius 2 is 1.91 bits per heavy atom. The molecule has 5 unspecified atom stereocenters. The van der Waals surface area contributed by atoms with Gasteiger partial charge in [-0.05, 0) is 41.3 Å². The Morgan fingerprint density at radius 3 is 2.64 bits per heavy atom. The van der Waals surface area contributed by atoms with E-state index >= 15 is 0 Å². The number of hydrogen-bond donors (Lipinski definition) is 6. The van der Waals surface area contributed by atoms with Crippen molar-refractivity contribution in [3.05, 3.63) is 65.4 Å². The summed E-state index contributed by atoms with van der Waals surface area (Å²) < 4.78 is 10.9. The number of ketones is 1. The third kappa shape index (κ3) is 4.37. The van der Waals surface area contributed by atoms with E-state index in [0.717, 1.165) is 16.5 Å². The first-order chi connectivity index (χ1) is 15.8. The highest BCUT2D eigenvalue weighted by atomic mass is 16.5. The highest BCUT2D eigenvalue weighted by Gasteiger charge is 2.45. The molecule has 1 fully saturated rings. The van der Waals surface area contributed by atoms with Crippen LogP contribution in [-0.2, 0) is 4.74 Å². The van der Waals surface area contributed by atoms with Crippen LogP contribution in [0.4, 0.5) is 0 Å². The molecule has 0 spiro atoms. The molecule has 1 aliphatic rings. The number of phenols is 1. The van der Waals surface area contributed by atoms with Crippen molar-refractivity contribution in [1.82, 2.24) is 4.98 Å². The van der Waals surface area contributed by atoms with Gasteiger partial charge in [-0.25, -0.2) is 0 Å². The average molecular weight is 455 g/mol. The minimum absolute atomic E-state index is 0.0678. The molecule has 0 radical (unpaired) electrons. The number of carbonyl (C=O) groups excluding carboxylic acids is 1. The number of phenolic OH excluding ortho intramolecular Hbond substituents is 1. The number of nitrogens with one attached hydrogen (secondary N) is 1. The predicted molar refractivity (Wildman–Crippen MR) is 119 cm³/mol. The van der Waals surface area contributed by atoms with Crippen molar-refractivity contribution in [2.75, 3.05) is 13.7 Å². The summed E-state index contributed by atoms with van der Waals surface area (Å²) in [6.07, 6.45) is -2.28. The van der Waals surface area contributed by atoms with E-state index in [4.69, 9.17) is 9.47 Å². The van der Waals surface area contributed by atoms with Crippen molar-refractivity contribution >= 4 is 22.8 Å². The number of aromatic amines is 1. The molecule has 33 heavy (non-hydrogen) atoms. The first-order valence-electron chi connectivity index (χ1n) is 10.3. The normalized spacial score (nSPS) is 25.5. The molecule has 3 aromatic rings. The summed E-state index contributed by atoms with van der Waals surface area (Å²) in [5.41, 5.74) is 1.87. The van der Waals surface area contributed by atoms with Crippen molar-refractivity contribution in [1.29, 1.82) is 0 Å². The molecular formula is C24H25NO8. The van der Waals surface area contributed by atoms with Gasteiger partial charge in [0.2, 0.25) is 0 Å². The fourth-order valence-electron chi connectivity index (χ4n) is 3.98. The Morgan fingerprint density at radius 1 is 1.12 bits per heavy atom. The summed E-state index contributed by atoms with van der Waals surface area (Å²) in [6.45, 7) is -0.595. The summed E-state index contributed by atoms with van der Waals surface area (Å²) in [5.74, 6) is -0.735. The zero-order valence-electron chi connectivity index (χ0n) is 17.8. The lowest BCUT2D eigenvalue weighted by molar-refractivity contribution is -0.232. The molecule has 1 aliphatic heterocycles. The maximum Gasteiger partial charge on any atom is 0.189 e. The van der Waals surface area contributed by atoms with Crippen LogP contribution in [0, 0.1) is 0 Å². The topological polar surface area (TPSA) is 152 Å². The number of aliphatic hydroxyl groups is 4. The van der Waals surface area contributed by atoms with Gasteiger partial charge in [0.15, 0.2) is 5.78 Å². The third-order valence-corrected chi connectivity index (χ3v) is 5.82. The zero-order valence-corrected chi connectivity index (χ0v) is 17.8. The second kappa shape index (κ2) is 9.34. The summed E-state index contributed by atoms with van der Waals surface area (Å²) in [6, 6.07) is 10.1. The number of fused-ring (bicyclic) bond motifs is 1. The number of benzene rings is 2. The van der Waals surface area contributed by atoms with Gasteiger partial charge in [0.05, 0.1) is 19.3 Å². The van der Waals surface area contributed by atoms with Crippen LogP contribution in [0.5, 0.6) is 11.5 Å². The van der Waals surface area contributed by atoms with Crippen LogP contribution >= 0.6 is 0 Å². The molecule has 4 rings (SSSR count). The lowest BCUT2D eigenvalue weighted by atomic mass is 9.89. The predicted octanol–water partition coefficient (Wildman–Crippen LogP) is 1.29. The van der Waals surface area contributed by atoms with E-state index in [-0.39, 0.29) is 22.6 Å². The van der Waals surface area contributed by atoms with Gasteiger partial charge in [-0.1, -0.05) is 12.1 Å². The minimum Gasteiger partial charge on any atom is -0.507 e. The quantitative estimate of drug-likeness (QED) is 0.240. The van der Waals surface area contributed by atoms with E-state index in [0.29, 0.717) is 0 Å². The summed E-state index contributed by atoms with van der Waals surface area (Å²) in [4.78, 5) is 16.0. The summed E-state index contributed by atoms with van der Waals surface area (Å²) >= 11 is 0. The zero-order chi connectivity index (χ0) is 23.7. The SMILES string of the molecule is COc1cc(O)c(C(=O)C=Cc2ccc3[nH]ccc3c2)cc1C1OC(CO)C(O)C(O)C1O. The molecule has 0 aliphatic carbocycles. The number of rotatable bonds is 6. The smallest absolute Gasteiger partial charge is 0.189 e. The largest absolute Gasteiger partial charge is 0.507 e. The third-order valence-electron chi connectivity index (χ3n) is 5.82. The van der Waals surface area contributed by atoms with Crippen molar-refractivity contribution in [2.24, 2.45) is 0 Å². The molecule has 6 N–H and O–H groups in total. The van der Waals surface area contributed by atoms with Crippen LogP contribution in [-0.4, -0.2) is 74.4 Å². The number of allylic oxidation sites excluding steroid dienone is 1. The molecular weight excluding hydrogens is 430 g/mol. The van der Waals surface area contributed by atoms with E-state index < -0.39 is 42.9 Å². The van der Waals surface area contributed by atoms with E-state index in [1.165, 1.54) is 25.3 Å². The molecule has 2 heterocycles. The van der Waals surface area contributed by atoms with Gasteiger partial charge in [-0.3, -0.25) is 4.79 Å². The van der Waals surface area contributed by atoms with Gasteiger partial charge in [0.25, 0.3) is 0 Å². The Hall–Kier alpha value is -3.21. The Balaban J connectivity index is 1.66. The van der Waals surface area contributed by atoms with Crippen LogP contribution in [0.3, 0.4) is 0 Å². The van der Waals surface area contributed by atoms with E-state index in [1.54, 1.807) is 6.08 Å². The molecule has 9 heteroatoms. The number of methoxy groups -OCH3 is 1. The van der Waals surface area contributed by atoms with Gasteiger partial charge in [-0.15, -0.1) is 0 Å². The molecule has 5 atom stereocenters. The van der Waals surface area contributed by atoms with E-state index in [1.807, 2.05) is 30.5 Å². The van der Waals surface area contributed by atoms with Crippen LogP contribution in [0.15, 0.2) is 48.7 Å². The van der Waals surface area contributed by atoms with Gasteiger partial charge in [0, 0.05) is 23.3 Å². The number of carbonyl (C=O) groups is 1. The molecule has 174 valence electrons. The molecule has 0 amide bonds.